The first-order chi connectivity index (χ1) is 8.86. The monoisotopic (exact) mass is 273 g/mol. The molecule has 1 aromatic rings. The molecule has 6 heteroatoms. The molecule has 0 fully saturated rings. The summed E-state index contributed by atoms with van der Waals surface area (Å²) in [6.07, 6.45) is 1.07. The molecule has 0 saturated heterocycles. The summed E-state index contributed by atoms with van der Waals surface area (Å²) >= 11 is 0. The fourth-order valence-corrected chi connectivity index (χ4v) is 1.35. The Morgan fingerprint density at radius 2 is 2.05 bits per heavy atom. The van der Waals surface area contributed by atoms with Gasteiger partial charge in [-0.25, -0.2) is 13.5 Å². The SMILES string of the molecule is COCOCC(C)(C)/[N+]([O-])=C/c1ccc(F)cc1F. The normalized spacial score (nSPS) is 12.8. The highest BCUT2D eigenvalue weighted by Gasteiger charge is 2.27. The Kier molecular flexibility index (Phi) is 5.38. The Morgan fingerprint density at radius 3 is 2.63 bits per heavy atom. The van der Waals surface area contributed by atoms with Gasteiger partial charge in [-0.2, -0.15) is 0 Å². The van der Waals surface area contributed by atoms with E-state index in [1.165, 1.54) is 13.2 Å². The maximum absolute atomic E-state index is 13.4. The number of hydrogen-bond acceptors (Lipinski definition) is 3. The molecule has 0 aliphatic heterocycles. The first-order valence-electron chi connectivity index (χ1n) is 5.70. The van der Waals surface area contributed by atoms with Gasteiger partial charge in [0.25, 0.3) is 0 Å². The minimum atomic E-state index is -0.890. The maximum Gasteiger partial charge on any atom is 0.190 e. The van der Waals surface area contributed by atoms with Gasteiger partial charge in [0.1, 0.15) is 25.0 Å². The van der Waals surface area contributed by atoms with Crippen molar-refractivity contribution in [2.24, 2.45) is 0 Å². The predicted octanol–water partition coefficient (Wildman–Crippen LogP) is 2.29. The van der Waals surface area contributed by atoms with Crippen molar-refractivity contribution < 1.29 is 23.0 Å². The molecule has 0 aliphatic carbocycles. The lowest BCUT2D eigenvalue weighted by Crippen LogP contribution is -2.38. The Morgan fingerprint density at radius 1 is 1.37 bits per heavy atom. The number of halogens is 2. The van der Waals surface area contributed by atoms with Gasteiger partial charge in [-0.05, 0) is 12.1 Å². The molecule has 4 nitrogen and oxygen atoms in total. The van der Waals surface area contributed by atoms with Gasteiger partial charge < -0.3 is 14.7 Å². The van der Waals surface area contributed by atoms with Gasteiger partial charge in [-0.3, -0.25) is 0 Å². The van der Waals surface area contributed by atoms with Crippen LogP contribution in [0.5, 0.6) is 0 Å². The van der Waals surface area contributed by atoms with Crippen LogP contribution in [-0.4, -0.2) is 37.0 Å². The van der Waals surface area contributed by atoms with Crippen LogP contribution in [0, 0.1) is 16.8 Å². The Balaban J connectivity index is 2.84. The van der Waals surface area contributed by atoms with E-state index in [1.807, 2.05) is 0 Å². The number of nitrogens with zero attached hydrogens (tertiary/aromatic N) is 1. The summed E-state index contributed by atoms with van der Waals surface area (Å²) in [5, 5.41) is 11.9. The van der Waals surface area contributed by atoms with E-state index in [-0.39, 0.29) is 19.0 Å². The highest BCUT2D eigenvalue weighted by atomic mass is 19.1. The first kappa shape index (κ1) is 15.5. The standard InChI is InChI=1S/C13H17F2NO3/c1-13(2,8-19-9-18-3)16(17)7-10-4-5-11(14)6-12(10)15/h4-7H,8-9H2,1-3H3/b16-7-. The molecule has 1 rings (SSSR count). The molecule has 19 heavy (non-hydrogen) atoms. The Bertz CT molecular complexity index is 461. The van der Waals surface area contributed by atoms with E-state index in [1.54, 1.807) is 13.8 Å². The molecular formula is C13H17F2NO3. The van der Waals surface area contributed by atoms with E-state index in [4.69, 9.17) is 9.47 Å². The Hall–Kier alpha value is -1.53. The molecule has 0 amide bonds. The minimum Gasteiger partial charge on any atom is -0.623 e. The van der Waals surface area contributed by atoms with Gasteiger partial charge in [0.2, 0.25) is 0 Å². The van der Waals surface area contributed by atoms with Crippen LogP contribution in [-0.2, 0) is 9.47 Å². The minimum absolute atomic E-state index is 0.0243. The van der Waals surface area contributed by atoms with Crippen LogP contribution < -0.4 is 0 Å². The number of hydroxylamine groups is 1. The second kappa shape index (κ2) is 6.58. The molecule has 0 bridgehead atoms. The summed E-state index contributed by atoms with van der Waals surface area (Å²) in [6.45, 7) is 3.48. The molecule has 0 aromatic heterocycles. The quantitative estimate of drug-likeness (QED) is 0.199. The van der Waals surface area contributed by atoms with Crippen LogP contribution in [0.15, 0.2) is 18.2 Å². The number of benzene rings is 1. The lowest BCUT2D eigenvalue weighted by atomic mass is 10.1. The van der Waals surface area contributed by atoms with Crippen molar-refractivity contribution >= 4 is 6.21 Å². The van der Waals surface area contributed by atoms with Gasteiger partial charge in [0.15, 0.2) is 11.8 Å². The highest BCUT2D eigenvalue weighted by molar-refractivity contribution is 5.76. The highest BCUT2D eigenvalue weighted by Crippen LogP contribution is 2.11. The van der Waals surface area contributed by atoms with Crippen LogP contribution in [0.25, 0.3) is 0 Å². The molecule has 106 valence electrons. The fraction of sp³-hybridized carbons (Fsp3) is 0.462. The lowest BCUT2D eigenvalue weighted by molar-refractivity contribution is -0.541. The number of ether oxygens (including phenoxy) is 2. The van der Waals surface area contributed by atoms with Gasteiger partial charge in [-0.15, -0.1) is 0 Å². The summed E-state index contributed by atoms with van der Waals surface area (Å²) in [5.74, 6) is -1.47. The lowest BCUT2D eigenvalue weighted by Gasteiger charge is -2.23. The summed E-state index contributed by atoms with van der Waals surface area (Å²) in [7, 11) is 1.47. The van der Waals surface area contributed by atoms with Crippen molar-refractivity contribution in [1.82, 2.24) is 0 Å². The molecule has 0 N–H and O–H groups in total. The maximum atomic E-state index is 13.4. The molecule has 0 saturated carbocycles. The summed E-state index contributed by atoms with van der Waals surface area (Å²) in [6, 6.07) is 3.03. The number of rotatable bonds is 6. The zero-order valence-electron chi connectivity index (χ0n) is 11.2. The van der Waals surface area contributed by atoms with Gasteiger partial charge in [-0.1, -0.05) is 0 Å². The van der Waals surface area contributed by atoms with Crippen molar-refractivity contribution in [3.63, 3.8) is 0 Å². The molecular weight excluding hydrogens is 256 g/mol. The first-order valence-corrected chi connectivity index (χ1v) is 5.70. The smallest absolute Gasteiger partial charge is 0.190 e. The van der Waals surface area contributed by atoms with Crippen molar-refractivity contribution in [3.8, 4) is 0 Å². The molecule has 0 spiro atoms. The molecule has 0 atom stereocenters. The largest absolute Gasteiger partial charge is 0.623 e. The third-order valence-electron chi connectivity index (χ3n) is 2.47. The fourth-order valence-electron chi connectivity index (χ4n) is 1.35. The third kappa shape index (κ3) is 4.57. The Labute approximate surface area is 110 Å². The van der Waals surface area contributed by atoms with Crippen LogP contribution in [0.2, 0.25) is 0 Å². The van der Waals surface area contributed by atoms with E-state index < -0.39 is 17.2 Å². The zero-order valence-corrected chi connectivity index (χ0v) is 11.2. The van der Waals surface area contributed by atoms with E-state index in [0.29, 0.717) is 4.74 Å². The van der Waals surface area contributed by atoms with Crippen molar-refractivity contribution in [3.05, 3.63) is 40.6 Å². The average Bonchev–Trinajstić information content (AvgIpc) is 2.32. The average molecular weight is 273 g/mol. The second-order valence-corrected chi connectivity index (χ2v) is 4.69. The molecule has 0 radical (unpaired) electrons. The van der Waals surface area contributed by atoms with Crippen LogP contribution in [0.4, 0.5) is 8.78 Å². The van der Waals surface area contributed by atoms with E-state index >= 15 is 0 Å². The number of hydrogen-bond donors (Lipinski definition) is 0. The predicted molar refractivity (Wildman–Crippen MR) is 67.1 cm³/mol. The van der Waals surface area contributed by atoms with Gasteiger partial charge in [0.05, 0.1) is 5.56 Å². The summed E-state index contributed by atoms with van der Waals surface area (Å²) in [4.78, 5) is 0. The summed E-state index contributed by atoms with van der Waals surface area (Å²) < 4.78 is 36.6. The van der Waals surface area contributed by atoms with Crippen molar-refractivity contribution in [1.29, 1.82) is 0 Å². The molecule has 1 aromatic carbocycles. The van der Waals surface area contributed by atoms with Crippen molar-refractivity contribution in [2.45, 2.75) is 19.4 Å². The molecule has 0 unspecified atom stereocenters. The summed E-state index contributed by atoms with van der Waals surface area (Å²) in [5.41, 5.74) is -0.865. The van der Waals surface area contributed by atoms with E-state index in [9.17, 15) is 14.0 Å². The molecule has 0 aliphatic rings. The number of methoxy groups -OCH3 is 1. The van der Waals surface area contributed by atoms with Gasteiger partial charge in [0, 0.05) is 27.0 Å². The topological polar surface area (TPSA) is 44.5 Å². The van der Waals surface area contributed by atoms with Crippen LogP contribution >= 0.6 is 0 Å². The van der Waals surface area contributed by atoms with Crippen LogP contribution in [0.3, 0.4) is 0 Å². The van der Waals surface area contributed by atoms with Gasteiger partial charge >= 0.3 is 0 Å². The second-order valence-electron chi connectivity index (χ2n) is 4.69. The zero-order chi connectivity index (χ0) is 14.5. The third-order valence-corrected chi connectivity index (χ3v) is 2.47. The van der Waals surface area contributed by atoms with Crippen molar-refractivity contribution in [2.75, 3.05) is 20.5 Å². The van der Waals surface area contributed by atoms with E-state index in [2.05, 4.69) is 0 Å². The van der Waals surface area contributed by atoms with Crippen LogP contribution in [0.1, 0.15) is 19.4 Å². The molecule has 0 heterocycles. The van der Waals surface area contributed by atoms with E-state index in [0.717, 1.165) is 18.3 Å².